The van der Waals surface area contributed by atoms with Crippen LogP contribution in [-0.4, -0.2) is 54.1 Å². The van der Waals surface area contributed by atoms with Crippen LogP contribution in [0.15, 0.2) is 41.5 Å². The van der Waals surface area contributed by atoms with E-state index in [0.29, 0.717) is 6.42 Å². The van der Waals surface area contributed by atoms with Gasteiger partial charge in [-0.15, -0.1) is 0 Å². The highest BCUT2D eigenvalue weighted by molar-refractivity contribution is 6.22. The molecule has 1 saturated heterocycles. The van der Waals surface area contributed by atoms with Crippen LogP contribution in [0, 0.1) is 5.92 Å². The summed E-state index contributed by atoms with van der Waals surface area (Å²) >= 11 is 0. The average Bonchev–Trinajstić information content (AvgIpc) is 3.58. The summed E-state index contributed by atoms with van der Waals surface area (Å²) in [5, 5.41) is 0. The zero-order valence-electron chi connectivity index (χ0n) is 17.1. The number of anilines is 1. The van der Waals surface area contributed by atoms with Crippen molar-refractivity contribution in [1.29, 1.82) is 0 Å². The first-order valence-electron chi connectivity index (χ1n) is 10.9. The van der Waals surface area contributed by atoms with Crippen LogP contribution in [0.25, 0.3) is 0 Å². The van der Waals surface area contributed by atoms with Gasteiger partial charge in [-0.25, -0.2) is 4.98 Å². The van der Waals surface area contributed by atoms with Gasteiger partial charge in [-0.2, -0.15) is 0 Å². The Morgan fingerprint density at radius 1 is 1.07 bits per heavy atom. The number of Topliss-reactive ketones (excluding diaryl/α,β-unsaturated/α-hetero) is 1. The van der Waals surface area contributed by atoms with Gasteiger partial charge in [0.25, 0.3) is 0 Å². The summed E-state index contributed by atoms with van der Waals surface area (Å²) in [4.78, 5) is 27.5. The summed E-state index contributed by atoms with van der Waals surface area (Å²) in [5.41, 5.74) is 4.55. The molecule has 3 aliphatic rings. The average molecular weight is 389 g/mol. The molecule has 0 radical (unpaired) electrons. The maximum absolute atomic E-state index is 13.0. The number of hydrogen-bond donors (Lipinski definition) is 0. The highest BCUT2D eigenvalue weighted by Crippen LogP contribution is 2.33. The molecule has 0 amide bonds. The minimum Gasteiger partial charge on any atom is -0.354 e. The third-order valence-corrected chi connectivity index (χ3v) is 6.35. The first-order valence-corrected chi connectivity index (χ1v) is 10.9. The molecule has 3 heterocycles. The van der Waals surface area contributed by atoms with Gasteiger partial charge in [-0.1, -0.05) is 19.1 Å². The quantitative estimate of drug-likeness (QED) is 0.780. The molecule has 0 spiro atoms. The highest BCUT2D eigenvalue weighted by atomic mass is 16.1. The van der Waals surface area contributed by atoms with Crippen LogP contribution in [-0.2, 0) is 6.42 Å². The first-order chi connectivity index (χ1) is 14.2. The van der Waals surface area contributed by atoms with Gasteiger partial charge in [0.2, 0.25) is 0 Å². The molecule has 0 unspecified atom stereocenters. The Balaban J connectivity index is 1.42. The molecule has 0 bridgehead atoms. The van der Waals surface area contributed by atoms with Crippen molar-refractivity contribution in [2.45, 2.75) is 32.6 Å². The van der Waals surface area contributed by atoms with E-state index in [1.165, 1.54) is 19.4 Å². The van der Waals surface area contributed by atoms with Crippen molar-refractivity contribution in [2.24, 2.45) is 10.9 Å². The third kappa shape index (κ3) is 3.71. The summed E-state index contributed by atoms with van der Waals surface area (Å²) in [7, 11) is 0. The fourth-order valence-electron chi connectivity index (χ4n) is 4.56. The summed E-state index contributed by atoms with van der Waals surface area (Å²) in [6, 6.07) is 10.0. The van der Waals surface area contributed by atoms with Gasteiger partial charge in [0.05, 0.1) is 17.8 Å². The van der Waals surface area contributed by atoms with Crippen LogP contribution in [0.1, 0.15) is 47.7 Å². The molecule has 2 aliphatic heterocycles. The van der Waals surface area contributed by atoms with Crippen molar-refractivity contribution in [2.75, 3.05) is 37.6 Å². The molecule has 5 heteroatoms. The van der Waals surface area contributed by atoms with E-state index in [1.54, 1.807) is 0 Å². The molecule has 0 atom stereocenters. The van der Waals surface area contributed by atoms with E-state index >= 15 is 0 Å². The van der Waals surface area contributed by atoms with E-state index in [1.807, 2.05) is 30.5 Å². The van der Waals surface area contributed by atoms with E-state index < -0.39 is 0 Å². The van der Waals surface area contributed by atoms with Crippen molar-refractivity contribution in [3.8, 4) is 0 Å². The van der Waals surface area contributed by atoms with E-state index in [-0.39, 0.29) is 5.78 Å². The van der Waals surface area contributed by atoms with E-state index in [0.717, 1.165) is 72.4 Å². The molecule has 150 valence electrons. The molecular weight excluding hydrogens is 360 g/mol. The van der Waals surface area contributed by atoms with Crippen LogP contribution in [0.4, 0.5) is 11.5 Å². The normalized spacial score (nSPS) is 19.8. The predicted octanol–water partition coefficient (Wildman–Crippen LogP) is 3.88. The number of ketones is 1. The van der Waals surface area contributed by atoms with Gasteiger partial charge in [0.1, 0.15) is 5.82 Å². The number of carbonyl (C=O) groups excluding carboxylic acids is 1. The number of fused-ring (bicyclic) bond motifs is 1. The van der Waals surface area contributed by atoms with Crippen LogP contribution < -0.4 is 4.90 Å². The molecule has 0 N–H and O–H groups in total. The topological polar surface area (TPSA) is 48.8 Å². The maximum Gasteiger partial charge on any atom is 0.171 e. The molecule has 1 aromatic carbocycles. The number of carbonyl (C=O) groups is 1. The fourth-order valence-corrected chi connectivity index (χ4v) is 4.56. The lowest BCUT2D eigenvalue weighted by Crippen LogP contribution is -2.47. The summed E-state index contributed by atoms with van der Waals surface area (Å²) in [6.07, 6.45) is 5.86. The molecule has 1 saturated carbocycles. The summed E-state index contributed by atoms with van der Waals surface area (Å²) in [6.45, 7) is 7.47. The standard InChI is InChI=1S/C24H28N4O/c1-2-18-5-3-7-20-23(18)22(29)15-21(26-20)19-6-4-10-25-24(19)28-13-11-27(12-14-28)16-17-8-9-17/h3-7,10,17H,2,8-9,11-16H2,1H3. The number of aryl methyl sites for hydroxylation is 1. The lowest BCUT2D eigenvalue weighted by molar-refractivity contribution is 0.0999. The van der Waals surface area contributed by atoms with Gasteiger partial charge >= 0.3 is 0 Å². The van der Waals surface area contributed by atoms with Gasteiger partial charge in [-0.3, -0.25) is 14.7 Å². The molecule has 5 nitrogen and oxygen atoms in total. The van der Waals surface area contributed by atoms with Gasteiger partial charge in [0, 0.05) is 50.0 Å². The molecule has 2 fully saturated rings. The van der Waals surface area contributed by atoms with Crippen LogP contribution in [0.3, 0.4) is 0 Å². The molecule has 2 aromatic rings. The third-order valence-electron chi connectivity index (χ3n) is 6.35. The lowest BCUT2D eigenvalue weighted by atomic mass is 9.92. The van der Waals surface area contributed by atoms with Crippen molar-refractivity contribution >= 4 is 23.0 Å². The summed E-state index contributed by atoms with van der Waals surface area (Å²) < 4.78 is 0. The Labute approximate surface area is 172 Å². The number of benzene rings is 1. The Morgan fingerprint density at radius 3 is 2.66 bits per heavy atom. The molecule has 5 rings (SSSR count). The molecule has 1 aromatic heterocycles. The van der Waals surface area contributed by atoms with Crippen LogP contribution in [0.5, 0.6) is 0 Å². The van der Waals surface area contributed by atoms with Gasteiger partial charge < -0.3 is 4.90 Å². The Hall–Kier alpha value is -2.53. The number of pyridine rings is 1. The number of hydrogen-bond acceptors (Lipinski definition) is 5. The zero-order chi connectivity index (χ0) is 19.8. The minimum atomic E-state index is 0.173. The van der Waals surface area contributed by atoms with Crippen molar-refractivity contribution in [3.63, 3.8) is 0 Å². The Kier molecular flexibility index (Phi) is 4.92. The highest BCUT2D eigenvalue weighted by Gasteiger charge is 2.29. The van der Waals surface area contributed by atoms with Gasteiger partial charge in [0.15, 0.2) is 5.78 Å². The molecule has 1 aliphatic carbocycles. The Morgan fingerprint density at radius 2 is 1.90 bits per heavy atom. The minimum absolute atomic E-state index is 0.173. The van der Waals surface area contributed by atoms with Gasteiger partial charge in [-0.05, 0) is 48.9 Å². The fraction of sp³-hybridized carbons (Fsp3) is 0.458. The smallest absolute Gasteiger partial charge is 0.171 e. The van der Waals surface area contributed by atoms with Crippen molar-refractivity contribution in [1.82, 2.24) is 9.88 Å². The van der Waals surface area contributed by atoms with Crippen molar-refractivity contribution in [3.05, 3.63) is 53.2 Å². The van der Waals surface area contributed by atoms with E-state index in [2.05, 4.69) is 22.8 Å². The largest absolute Gasteiger partial charge is 0.354 e. The second kappa shape index (κ2) is 7.71. The number of nitrogens with zero attached hydrogens (tertiary/aromatic N) is 4. The number of piperazine rings is 1. The zero-order valence-corrected chi connectivity index (χ0v) is 17.1. The summed E-state index contributed by atoms with van der Waals surface area (Å²) in [5.74, 6) is 2.08. The molecular formula is C24H28N4O. The second-order valence-electron chi connectivity index (χ2n) is 8.43. The number of aromatic nitrogens is 1. The monoisotopic (exact) mass is 388 g/mol. The Bertz CT molecular complexity index is 955. The number of aliphatic imine (C=N–C) groups is 1. The van der Waals surface area contributed by atoms with Crippen LogP contribution >= 0.6 is 0 Å². The van der Waals surface area contributed by atoms with Crippen molar-refractivity contribution < 1.29 is 4.79 Å². The van der Waals surface area contributed by atoms with Crippen LogP contribution in [0.2, 0.25) is 0 Å². The van der Waals surface area contributed by atoms with E-state index in [4.69, 9.17) is 9.98 Å². The number of rotatable bonds is 5. The maximum atomic E-state index is 13.0. The molecule has 29 heavy (non-hydrogen) atoms. The predicted molar refractivity (Wildman–Crippen MR) is 117 cm³/mol. The second-order valence-corrected chi connectivity index (χ2v) is 8.43. The van der Waals surface area contributed by atoms with E-state index in [9.17, 15) is 4.79 Å². The SMILES string of the molecule is CCc1cccc2c1C(=O)CC(c1cccnc1N1CCN(CC3CC3)CC1)=N2. The lowest BCUT2D eigenvalue weighted by Gasteiger charge is -2.36. The first kappa shape index (κ1) is 18.5.